The van der Waals surface area contributed by atoms with E-state index in [1.165, 1.54) is 0 Å². The van der Waals surface area contributed by atoms with Gasteiger partial charge in [0.2, 0.25) is 0 Å². The first-order valence-corrected chi connectivity index (χ1v) is 8.20. The van der Waals surface area contributed by atoms with Crippen molar-refractivity contribution in [3.05, 3.63) is 79.9 Å². The van der Waals surface area contributed by atoms with Crippen molar-refractivity contribution in [1.82, 2.24) is 0 Å². The number of hydrogen-bond acceptors (Lipinski definition) is 7. The fourth-order valence-corrected chi connectivity index (χ4v) is 2.71. The number of ether oxygens (including phenoxy) is 2. The minimum atomic E-state index is -0.738. The zero-order valence-electron chi connectivity index (χ0n) is 14.1. The van der Waals surface area contributed by atoms with E-state index in [9.17, 15) is 25.0 Å². The summed E-state index contributed by atoms with van der Waals surface area (Å²) in [5, 5.41) is 21.9. The van der Waals surface area contributed by atoms with Gasteiger partial charge in [-0.05, 0) is 11.1 Å². The minimum absolute atomic E-state index is 0.149. The third-order valence-corrected chi connectivity index (χ3v) is 4.07. The largest absolute Gasteiger partial charge is 0.459 e. The van der Waals surface area contributed by atoms with Gasteiger partial charge in [0.1, 0.15) is 12.2 Å². The molecule has 1 aliphatic rings. The fourth-order valence-electron chi connectivity index (χ4n) is 2.71. The Morgan fingerprint density at radius 2 is 1.67 bits per heavy atom. The molecule has 0 amide bonds. The SMILES string of the molecule is O=C(Cc1cc([N+](=O)[O-])cc([N+](=O)[O-])c1)O[C@H](Cc1ccccc1)[C@H]1CO1. The molecule has 2 aromatic rings. The molecule has 27 heavy (non-hydrogen) atoms. The summed E-state index contributed by atoms with van der Waals surface area (Å²) >= 11 is 0. The van der Waals surface area contributed by atoms with E-state index in [4.69, 9.17) is 9.47 Å². The number of epoxide rings is 1. The van der Waals surface area contributed by atoms with Crippen molar-refractivity contribution < 1.29 is 24.1 Å². The molecule has 1 saturated heterocycles. The lowest BCUT2D eigenvalue weighted by Crippen LogP contribution is -2.27. The molecule has 0 saturated carbocycles. The van der Waals surface area contributed by atoms with E-state index in [2.05, 4.69) is 0 Å². The van der Waals surface area contributed by atoms with Gasteiger partial charge in [0.15, 0.2) is 0 Å². The summed E-state index contributed by atoms with van der Waals surface area (Å²) in [6, 6.07) is 12.6. The van der Waals surface area contributed by atoms with Gasteiger partial charge < -0.3 is 9.47 Å². The van der Waals surface area contributed by atoms with E-state index in [0.717, 1.165) is 23.8 Å². The smallest absolute Gasteiger partial charge is 0.310 e. The highest BCUT2D eigenvalue weighted by Gasteiger charge is 2.35. The van der Waals surface area contributed by atoms with Gasteiger partial charge in [-0.3, -0.25) is 25.0 Å². The number of hydrogen-bond donors (Lipinski definition) is 0. The molecular weight excluding hydrogens is 356 g/mol. The normalized spacial score (nSPS) is 16.4. The van der Waals surface area contributed by atoms with Crippen molar-refractivity contribution in [3.63, 3.8) is 0 Å². The van der Waals surface area contributed by atoms with Crippen molar-refractivity contribution in [1.29, 1.82) is 0 Å². The maximum atomic E-state index is 12.3. The Morgan fingerprint density at radius 3 is 2.19 bits per heavy atom. The van der Waals surface area contributed by atoms with Crippen molar-refractivity contribution in [2.24, 2.45) is 0 Å². The van der Waals surface area contributed by atoms with E-state index >= 15 is 0 Å². The van der Waals surface area contributed by atoms with Crippen LogP contribution in [-0.2, 0) is 27.1 Å². The lowest BCUT2D eigenvalue weighted by atomic mass is 10.1. The average Bonchev–Trinajstić information content (AvgIpc) is 3.46. The van der Waals surface area contributed by atoms with Crippen LogP contribution in [0.2, 0.25) is 0 Å². The van der Waals surface area contributed by atoms with Crippen LogP contribution in [0.25, 0.3) is 0 Å². The zero-order valence-corrected chi connectivity index (χ0v) is 14.1. The number of nitro benzene ring substituents is 2. The molecule has 0 aromatic heterocycles. The van der Waals surface area contributed by atoms with Crippen LogP contribution in [0.4, 0.5) is 11.4 Å². The molecule has 2 aromatic carbocycles. The Kier molecular flexibility index (Phi) is 5.41. The quantitative estimate of drug-likeness (QED) is 0.302. The summed E-state index contributed by atoms with van der Waals surface area (Å²) in [5.41, 5.74) is 0.240. The van der Waals surface area contributed by atoms with Crippen molar-refractivity contribution in [3.8, 4) is 0 Å². The summed E-state index contributed by atoms with van der Waals surface area (Å²) in [6.07, 6.45) is -0.491. The molecular formula is C18H16N2O7. The van der Waals surface area contributed by atoms with Gasteiger partial charge in [-0.1, -0.05) is 30.3 Å². The molecule has 0 bridgehead atoms. The second kappa shape index (κ2) is 7.92. The fraction of sp³-hybridized carbons (Fsp3) is 0.278. The Morgan fingerprint density at radius 1 is 1.07 bits per heavy atom. The van der Waals surface area contributed by atoms with Crippen LogP contribution < -0.4 is 0 Å². The molecule has 9 heteroatoms. The second-order valence-electron chi connectivity index (χ2n) is 6.14. The number of nitro groups is 2. The van der Waals surface area contributed by atoms with Crippen LogP contribution in [0.1, 0.15) is 11.1 Å². The highest BCUT2D eigenvalue weighted by atomic mass is 16.6. The van der Waals surface area contributed by atoms with Crippen molar-refractivity contribution >= 4 is 17.3 Å². The number of carbonyl (C=O) groups excluding carboxylic acids is 1. The maximum Gasteiger partial charge on any atom is 0.310 e. The predicted molar refractivity (Wildman–Crippen MR) is 93.2 cm³/mol. The molecule has 0 N–H and O–H groups in total. The molecule has 2 atom stereocenters. The van der Waals surface area contributed by atoms with E-state index in [-0.39, 0.29) is 18.1 Å². The molecule has 0 spiro atoms. The maximum absolute atomic E-state index is 12.3. The first-order valence-electron chi connectivity index (χ1n) is 8.20. The number of carbonyl (C=O) groups is 1. The highest BCUT2D eigenvalue weighted by Crippen LogP contribution is 2.25. The van der Waals surface area contributed by atoms with E-state index in [1.807, 2.05) is 30.3 Å². The summed E-state index contributed by atoms with van der Waals surface area (Å²) in [5.74, 6) is -0.624. The predicted octanol–water partition coefficient (Wildman–Crippen LogP) is 2.60. The number of non-ortho nitro benzene ring substituents is 2. The summed E-state index contributed by atoms with van der Waals surface area (Å²) in [7, 11) is 0. The van der Waals surface area contributed by atoms with Crippen molar-refractivity contribution in [2.75, 3.05) is 6.61 Å². The van der Waals surface area contributed by atoms with Gasteiger partial charge in [-0.2, -0.15) is 0 Å². The molecule has 140 valence electrons. The van der Waals surface area contributed by atoms with Crippen LogP contribution in [0.3, 0.4) is 0 Å². The van der Waals surface area contributed by atoms with E-state index in [1.54, 1.807) is 0 Å². The van der Waals surface area contributed by atoms with Crippen LogP contribution in [0.15, 0.2) is 48.5 Å². The molecule has 0 radical (unpaired) electrons. The van der Waals surface area contributed by atoms with E-state index < -0.39 is 33.3 Å². The van der Waals surface area contributed by atoms with Gasteiger partial charge in [-0.15, -0.1) is 0 Å². The second-order valence-corrected chi connectivity index (χ2v) is 6.14. The zero-order chi connectivity index (χ0) is 19.4. The highest BCUT2D eigenvalue weighted by molar-refractivity contribution is 5.73. The molecule has 3 rings (SSSR count). The Bertz CT molecular complexity index is 833. The van der Waals surface area contributed by atoms with Gasteiger partial charge in [-0.25, -0.2) is 0 Å². The molecule has 9 nitrogen and oxygen atoms in total. The average molecular weight is 372 g/mol. The first-order chi connectivity index (χ1) is 12.9. The molecule has 1 fully saturated rings. The monoisotopic (exact) mass is 372 g/mol. The van der Waals surface area contributed by atoms with Gasteiger partial charge in [0, 0.05) is 18.6 Å². The van der Waals surface area contributed by atoms with Gasteiger partial charge in [0.25, 0.3) is 11.4 Å². The molecule has 1 heterocycles. The molecule has 0 unspecified atom stereocenters. The van der Waals surface area contributed by atoms with E-state index in [0.29, 0.717) is 13.0 Å². The van der Waals surface area contributed by atoms with Crippen LogP contribution in [0, 0.1) is 20.2 Å². The third kappa shape index (κ3) is 5.08. The topological polar surface area (TPSA) is 125 Å². The Balaban J connectivity index is 1.70. The minimum Gasteiger partial charge on any atom is -0.459 e. The molecule has 0 aliphatic carbocycles. The Hall–Kier alpha value is -3.33. The summed E-state index contributed by atoms with van der Waals surface area (Å²) < 4.78 is 10.7. The first kappa shape index (κ1) is 18.5. The van der Waals surface area contributed by atoms with Crippen LogP contribution in [-0.4, -0.2) is 34.6 Å². The van der Waals surface area contributed by atoms with Gasteiger partial charge >= 0.3 is 5.97 Å². The molecule has 1 aliphatic heterocycles. The standard InChI is InChI=1S/C18H16N2O7/c21-18(9-13-6-14(19(22)23)10-15(7-13)20(24)25)27-16(17-11-26-17)8-12-4-2-1-3-5-12/h1-7,10,16-17H,8-9,11H2/t16-,17-/m1/s1. The summed E-state index contributed by atoms with van der Waals surface area (Å²) in [4.78, 5) is 32.7. The van der Waals surface area contributed by atoms with Crippen molar-refractivity contribution in [2.45, 2.75) is 25.0 Å². The van der Waals surface area contributed by atoms with Crippen LogP contribution >= 0.6 is 0 Å². The number of rotatable bonds is 8. The third-order valence-electron chi connectivity index (χ3n) is 4.07. The lowest BCUT2D eigenvalue weighted by Gasteiger charge is -2.16. The van der Waals surface area contributed by atoms with Crippen LogP contribution in [0.5, 0.6) is 0 Å². The number of nitrogens with zero attached hydrogens (tertiary/aromatic N) is 2. The van der Waals surface area contributed by atoms with Gasteiger partial charge in [0.05, 0.1) is 28.9 Å². The number of esters is 1. The number of benzene rings is 2. The Labute approximate surface area is 153 Å². The lowest BCUT2D eigenvalue weighted by molar-refractivity contribution is -0.394. The summed E-state index contributed by atoms with van der Waals surface area (Å²) in [6.45, 7) is 0.493.